The Labute approximate surface area is 162 Å². The number of aromatic nitrogens is 1. The van der Waals surface area contributed by atoms with E-state index in [1.165, 1.54) is 18.2 Å². The predicted octanol–water partition coefficient (Wildman–Crippen LogP) is 3.81. The first kappa shape index (κ1) is 19.0. The van der Waals surface area contributed by atoms with Crippen LogP contribution in [0.5, 0.6) is 5.75 Å². The van der Waals surface area contributed by atoms with Crippen molar-refractivity contribution in [1.82, 2.24) is 10.3 Å². The Morgan fingerprint density at radius 3 is 2.71 bits per heavy atom. The lowest BCUT2D eigenvalue weighted by molar-refractivity contribution is -0.385. The highest BCUT2D eigenvalue weighted by Crippen LogP contribution is 2.19. The van der Waals surface area contributed by atoms with Gasteiger partial charge in [-0.05, 0) is 48.9 Å². The number of carbonyl (C=O) groups excluding carboxylic acids is 1. The van der Waals surface area contributed by atoms with E-state index in [1.807, 2.05) is 42.5 Å². The van der Waals surface area contributed by atoms with Crippen LogP contribution in [0, 0.1) is 17.0 Å². The Balaban J connectivity index is 1.59. The number of hydrogen-bond acceptors (Lipinski definition) is 5. The Kier molecular flexibility index (Phi) is 5.96. The summed E-state index contributed by atoms with van der Waals surface area (Å²) >= 11 is 0. The molecule has 142 valence electrons. The lowest BCUT2D eigenvalue weighted by Gasteiger charge is -2.09. The molecule has 7 nitrogen and oxygen atoms in total. The van der Waals surface area contributed by atoms with E-state index in [0.717, 1.165) is 11.3 Å². The third-order valence-electron chi connectivity index (χ3n) is 4.12. The number of rotatable bonds is 7. The molecule has 0 radical (unpaired) electrons. The van der Waals surface area contributed by atoms with E-state index in [4.69, 9.17) is 4.74 Å². The van der Waals surface area contributed by atoms with Crippen molar-refractivity contribution in [2.24, 2.45) is 0 Å². The third-order valence-corrected chi connectivity index (χ3v) is 4.12. The van der Waals surface area contributed by atoms with Crippen molar-refractivity contribution in [2.45, 2.75) is 20.1 Å². The number of nitrogens with one attached hydrogen (secondary N) is 1. The monoisotopic (exact) mass is 377 g/mol. The van der Waals surface area contributed by atoms with E-state index in [9.17, 15) is 14.9 Å². The molecular weight excluding hydrogens is 358 g/mol. The van der Waals surface area contributed by atoms with Crippen LogP contribution in [0.1, 0.15) is 27.2 Å². The topological polar surface area (TPSA) is 94.4 Å². The molecule has 0 unspecified atom stereocenters. The molecule has 0 saturated heterocycles. The summed E-state index contributed by atoms with van der Waals surface area (Å²) in [7, 11) is 0. The highest BCUT2D eigenvalue weighted by atomic mass is 16.6. The first-order valence-electron chi connectivity index (χ1n) is 8.68. The van der Waals surface area contributed by atoms with Gasteiger partial charge in [-0.2, -0.15) is 0 Å². The second-order valence-electron chi connectivity index (χ2n) is 6.20. The van der Waals surface area contributed by atoms with Crippen LogP contribution >= 0.6 is 0 Å². The zero-order valence-electron chi connectivity index (χ0n) is 15.3. The average molecular weight is 377 g/mol. The largest absolute Gasteiger partial charge is 0.487 e. The molecule has 0 fully saturated rings. The molecule has 2 aromatic carbocycles. The summed E-state index contributed by atoms with van der Waals surface area (Å²) in [6.45, 7) is 2.28. The molecule has 1 N–H and O–H groups in total. The molecule has 0 aliphatic carbocycles. The lowest BCUT2D eigenvalue weighted by Crippen LogP contribution is -2.22. The van der Waals surface area contributed by atoms with Gasteiger partial charge < -0.3 is 10.1 Å². The standard InChI is InChI=1S/C21H19N3O4/c1-15-11-17(8-9-20(15)24(26)27)21(25)23-13-16-5-4-7-19(12-16)28-14-18-6-2-3-10-22-18/h2-12H,13-14H2,1H3,(H,23,25). The van der Waals surface area contributed by atoms with Crippen LogP contribution in [0.4, 0.5) is 5.69 Å². The van der Waals surface area contributed by atoms with Gasteiger partial charge in [0.1, 0.15) is 12.4 Å². The smallest absolute Gasteiger partial charge is 0.272 e. The van der Waals surface area contributed by atoms with Gasteiger partial charge in [0.05, 0.1) is 10.6 Å². The van der Waals surface area contributed by atoms with Crippen LogP contribution < -0.4 is 10.1 Å². The Morgan fingerprint density at radius 2 is 2.00 bits per heavy atom. The Bertz CT molecular complexity index is 990. The lowest BCUT2D eigenvalue weighted by atomic mass is 10.1. The van der Waals surface area contributed by atoms with Crippen LogP contribution in [0.2, 0.25) is 0 Å². The van der Waals surface area contributed by atoms with Crippen molar-refractivity contribution in [3.05, 3.63) is 99.4 Å². The van der Waals surface area contributed by atoms with E-state index in [-0.39, 0.29) is 11.6 Å². The van der Waals surface area contributed by atoms with E-state index >= 15 is 0 Å². The van der Waals surface area contributed by atoms with Crippen LogP contribution in [0.15, 0.2) is 66.9 Å². The van der Waals surface area contributed by atoms with Gasteiger partial charge in [0.25, 0.3) is 11.6 Å². The minimum Gasteiger partial charge on any atom is -0.487 e. The molecule has 3 rings (SSSR count). The fourth-order valence-electron chi connectivity index (χ4n) is 2.67. The second-order valence-corrected chi connectivity index (χ2v) is 6.20. The molecular formula is C21H19N3O4. The van der Waals surface area contributed by atoms with Gasteiger partial charge in [-0.3, -0.25) is 19.9 Å². The van der Waals surface area contributed by atoms with Crippen molar-refractivity contribution < 1.29 is 14.5 Å². The molecule has 0 aliphatic heterocycles. The maximum Gasteiger partial charge on any atom is 0.272 e. The molecule has 0 aliphatic rings. The number of nitro benzene ring substituents is 1. The van der Waals surface area contributed by atoms with Crippen LogP contribution in [-0.2, 0) is 13.2 Å². The molecule has 0 saturated carbocycles. The number of aryl methyl sites for hydroxylation is 1. The van der Waals surface area contributed by atoms with Gasteiger partial charge in [0.2, 0.25) is 0 Å². The summed E-state index contributed by atoms with van der Waals surface area (Å²) < 4.78 is 5.74. The Morgan fingerprint density at radius 1 is 1.14 bits per heavy atom. The van der Waals surface area contributed by atoms with Gasteiger partial charge in [-0.25, -0.2) is 0 Å². The Hall–Kier alpha value is -3.74. The highest BCUT2D eigenvalue weighted by molar-refractivity contribution is 5.94. The maximum atomic E-state index is 12.3. The second kappa shape index (κ2) is 8.77. The summed E-state index contributed by atoms with van der Waals surface area (Å²) in [4.78, 5) is 26.9. The average Bonchev–Trinajstić information content (AvgIpc) is 2.71. The highest BCUT2D eigenvalue weighted by Gasteiger charge is 2.13. The van der Waals surface area contributed by atoms with Crippen molar-refractivity contribution >= 4 is 11.6 Å². The normalized spacial score (nSPS) is 10.3. The minimum atomic E-state index is -0.465. The van der Waals surface area contributed by atoms with E-state index in [2.05, 4.69) is 10.3 Å². The number of pyridine rings is 1. The van der Waals surface area contributed by atoms with Crippen molar-refractivity contribution in [1.29, 1.82) is 0 Å². The quantitative estimate of drug-likeness (QED) is 0.499. The van der Waals surface area contributed by atoms with Gasteiger partial charge in [-0.15, -0.1) is 0 Å². The number of benzene rings is 2. The molecule has 0 atom stereocenters. The number of nitro groups is 1. The molecule has 7 heteroatoms. The molecule has 0 spiro atoms. The van der Waals surface area contributed by atoms with Gasteiger partial charge in [0.15, 0.2) is 0 Å². The summed E-state index contributed by atoms with van der Waals surface area (Å²) in [5, 5.41) is 13.7. The first-order valence-corrected chi connectivity index (χ1v) is 8.68. The van der Waals surface area contributed by atoms with Gasteiger partial charge >= 0.3 is 0 Å². The van der Waals surface area contributed by atoms with Gasteiger partial charge in [0, 0.05) is 29.9 Å². The van der Waals surface area contributed by atoms with E-state index in [1.54, 1.807) is 13.1 Å². The molecule has 28 heavy (non-hydrogen) atoms. The van der Waals surface area contributed by atoms with Crippen LogP contribution in [0.3, 0.4) is 0 Å². The van der Waals surface area contributed by atoms with Gasteiger partial charge in [-0.1, -0.05) is 18.2 Å². The number of ether oxygens (including phenoxy) is 1. The summed E-state index contributed by atoms with van der Waals surface area (Å²) in [5.41, 5.74) is 2.53. The summed E-state index contributed by atoms with van der Waals surface area (Å²) in [6, 6.07) is 17.4. The number of nitrogens with zero attached hydrogens (tertiary/aromatic N) is 2. The maximum absolute atomic E-state index is 12.3. The first-order chi connectivity index (χ1) is 13.5. The predicted molar refractivity (Wildman–Crippen MR) is 104 cm³/mol. The van der Waals surface area contributed by atoms with Crippen LogP contribution in [0.25, 0.3) is 0 Å². The number of carbonyl (C=O) groups is 1. The van der Waals surface area contributed by atoms with Crippen molar-refractivity contribution in [3.63, 3.8) is 0 Å². The molecule has 3 aromatic rings. The van der Waals surface area contributed by atoms with E-state index in [0.29, 0.717) is 30.0 Å². The molecule has 1 heterocycles. The zero-order valence-corrected chi connectivity index (χ0v) is 15.3. The number of amides is 1. The molecule has 1 aromatic heterocycles. The molecule has 1 amide bonds. The molecule has 0 bridgehead atoms. The third kappa shape index (κ3) is 4.91. The fourth-order valence-corrected chi connectivity index (χ4v) is 2.67. The summed E-state index contributed by atoms with van der Waals surface area (Å²) in [5.74, 6) is 0.390. The zero-order chi connectivity index (χ0) is 19.9. The minimum absolute atomic E-state index is 0.00527. The van der Waals surface area contributed by atoms with Crippen molar-refractivity contribution in [3.8, 4) is 5.75 Å². The van der Waals surface area contributed by atoms with E-state index < -0.39 is 4.92 Å². The summed E-state index contributed by atoms with van der Waals surface area (Å²) in [6.07, 6.45) is 1.71. The van der Waals surface area contributed by atoms with Crippen LogP contribution in [-0.4, -0.2) is 15.8 Å². The SMILES string of the molecule is Cc1cc(C(=O)NCc2cccc(OCc3ccccn3)c2)ccc1[N+](=O)[O-]. The number of hydrogen-bond donors (Lipinski definition) is 1. The van der Waals surface area contributed by atoms with Crippen molar-refractivity contribution in [2.75, 3.05) is 0 Å². The fraction of sp³-hybridized carbons (Fsp3) is 0.143.